The highest BCUT2D eigenvalue weighted by atomic mass is 15.3. The minimum atomic E-state index is 0.0642. The lowest BCUT2D eigenvalue weighted by Gasteiger charge is -2.41. The van der Waals surface area contributed by atoms with E-state index in [0.29, 0.717) is 6.04 Å². The number of aryl methyl sites for hydroxylation is 1. The first-order chi connectivity index (χ1) is 9.17. The SMILES string of the molecule is CCCn1ccnc1C(NN)C1CN(C)CCN1C. The van der Waals surface area contributed by atoms with Gasteiger partial charge in [-0.2, -0.15) is 0 Å². The topological polar surface area (TPSA) is 62.4 Å². The molecule has 1 aliphatic heterocycles. The lowest BCUT2D eigenvalue weighted by atomic mass is 10.0. The Morgan fingerprint density at radius 1 is 1.47 bits per heavy atom. The number of aromatic nitrogens is 2. The minimum Gasteiger partial charge on any atom is -0.334 e. The van der Waals surface area contributed by atoms with Crippen molar-refractivity contribution in [2.75, 3.05) is 33.7 Å². The van der Waals surface area contributed by atoms with Crippen LogP contribution in [-0.4, -0.2) is 59.1 Å². The van der Waals surface area contributed by atoms with Crippen LogP contribution in [0.2, 0.25) is 0 Å². The molecule has 0 aliphatic carbocycles. The quantitative estimate of drug-likeness (QED) is 0.582. The highest BCUT2D eigenvalue weighted by molar-refractivity contribution is 5.05. The average Bonchev–Trinajstić information content (AvgIpc) is 2.83. The summed E-state index contributed by atoms with van der Waals surface area (Å²) < 4.78 is 2.20. The summed E-state index contributed by atoms with van der Waals surface area (Å²) in [5, 5.41) is 0. The standard InChI is InChI=1S/C13H26N6/c1-4-6-19-7-5-15-13(19)12(16-14)11-10-17(2)8-9-18(11)3/h5,7,11-12,16H,4,6,8-10,14H2,1-3H3. The summed E-state index contributed by atoms with van der Waals surface area (Å²) in [6.45, 7) is 6.33. The lowest BCUT2D eigenvalue weighted by Crippen LogP contribution is -2.56. The van der Waals surface area contributed by atoms with Crippen molar-refractivity contribution in [3.8, 4) is 0 Å². The van der Waals surface area contributed by atoms with Crippen LogP contribution < -0.4 is 11.3 Å². The number of likely N-dealkylation sites (N-methyl/N-ethyl adjacent to an activating group) is 2. The van der Waals surface area contributed by atoms with Gasteiger partial charge in [0.25, 0.3) is 0 Å². The van der Waals surface area contributed by atoms with E-state index in [1.165, 1.54) is 0 Å². The Morgan fingerprint density at radius 3 is 2.95 bits per heavy atom. The van der Waals surface area contributed by atoms with Gasteiger partial charge in [-0.3, -0.25) is 10.7 Å². The molecule has 19 heavy (non-hydrogen) atoms. The molecule has 3 N–H and O–H groups in total. The third-order valence-electron chi connectivity index (χ3n) is 3.95. The van der Waals surface area contributed by atoms with E-state index in [0.717, 1.165) is 38.4 Å². The normalized spacial score (nSPS) is 23.7. The molecule has 1 aromatic rings. The second kappa shape index (κ2) is 6.47. The van der Waals surface area contributed by atoms with Crippen LogP contribution in [0.4, 0.5) is 0 Å². The van der Waals surface area contributed by atoms with Crippen molar-refractivity contribution < 1.29 is 0 Å². The van der Waals surface area contributed by atoms with Crippen molar-refractivity contribution >= 4 is 0 Å². The van der Waals surface area contributed by atoms with Gasteiger partial charge in [0.05, 0.1) is 6.04 Å². The summed E-state index contributed by atoms with van der Waals surface area (Å²) >= 11 is 0. The Kier molecular flexibility index (Phi) is 4.93. The van der Waals surface area contributed by atoms with Crippen molar-refractivity contribution in [3.05, 3.63) is 18.2 Å². The molecular weight excluding hydrogens is 240 g/mol. The van der Waals surface area contributed by atoms with Crippen molar-refractivity contribution in [1.29, 1.82) is 0 Å². The van der Waals surface area contributed by atoms with E-state index in [1.54, 1.807) is 0 Å². The number of hydrogen-bond acceptors (Lipinski definition) is 5. The van der Waals surface area contributed by atoms with Crippen molar-refractivity contribution in [2.45, 2.75) is 32.0 Å². The molecule has 1 aliphatic rings. The maximum atomic E-state index is 5.82. The van der Waals surface area contributed by atoms with Gasteiger partial charge in [0.15, 0.2) is 0 Å². The zero-order valence-electron chi connectivity index (χ0n) is 12.2. The first kappa shape index (κ1) is 14.5. The van der Waals surface area contributed by atoms with E-state index in [4.69, 9.17) is 5.84 Å². The van der Waals surface area contributed by atoms with Crippen LogP contribution in [0.1, 0.15) is 25.2 Å². The molecule has 0 aromatic carbocycles. The van der Waals surface area contributed by atoms with Crippen molar-refractivity contribution in [3.63, 3.8) is 0 Å². The van der Waals surface area contributed by atoms with Crippen LogP contribution in [0.3, 0.4) is 0 Å². The average molecular weight is 266 g/mol. The molecule has 1 aromatic heterocycles. The number of piperazine rings is 1. The summed E-state index contributed by atoms with van der Waals surface area (Å²) in [4.78, 5) is 9.24. The molecule has 0 amide bonds. The fraction of sp³-hybridized carbons (Fsp3) is 0.769. The van der Waals surface area contributed by atoms with E-state index in [2.05, 4.69) is 45.8 Å². The van der Waals surface area contributed by atoms with E-state index >= 15 is 0 Å². The number of nitrogens with one attached hydrogen (secondary N) is 1. The zero-order valence-corrected chi connectivity index (χ0v) is 12.2. The molecule has 0 bridgehead atoms. The Morgan fingerprint density at radius 2 is 2.26 bits per heavy atom. The van der Waals surface area contributed by atoms with Crippen molar-refractivity contribution in [2.24, 2.45) is 5.84 Å². The van der Waals surface area contributed by atoms with E-state index in [9.17, 15) is 0 Å². The highest BCUT2D eigenvalue weighted by Crippen LogP contribution is 2.21. The molecule has 1 fully saturated rings. The molecule has 108 valence electrons. The smallest absolute Gasteiger partial charge is 0.128 e. The first-order valence-electron chi connectivity index (χ1n) is 7.03. The molecule has 1 saturated heterocycles. The monoisotopic (exact) mass is 266 g/mol. The van der Waals surface area contributed by atoms with Crippen LogP contribution in [0.25, 0.3) is 0 Å². The highest BCUT2D eigenvalue weighted by Gasteiger charge is 2.32. The molecule has 0 spiro atoms. The number of hydrazine groups is 1. The van der Waals surface area contributed by atoms with Gasteiger partial charge >= 0.3 is 0 Å². The Hall–Kier alpha value is -0.950. The first-order valence-corrected chi connectivity index (χ1v) is 7.03. The summed E-state index contributed by atoms with van der Waals surface area (Å²) in [5.41, 5.74) is 2.97. The molecule has 2 unspecified atom stereocenters. The number of nitrogens with zero attached hydrogens (tertiary/aromatic N) is 4. The third-order valence-corrected chi connectivity index (χ3v) is 3.95. The van der Waals surface area contributed by atoms with Gasteiger partial charge < -0.3 is 9.47 Å². The van der Waals surface area contributed by atoms with Gasteiger partial charge in [-0.05, 0) is 20.5 Å². The molecule has 0 radical (unpaired) electrons. The summed E-state index contributed by atoms with van der Waals surface area (Å²) in [7, 11) is 4.32. The van der Waals surface area contributed by atoms with E-state index in [-0.39, 0.29) is 6.04 Å². The van der Waals surface area contributed by atoms with E-state index in [1.807, 2.05) is 12.4 Å². The van der Waals surface area contributed by atoms with Gasteiger partial charge in [0.1, 0.15) is 5.82 Å². The summed E-state index contributed by atoms with van der Waals surface area (Å²) in [6.07, 6.45) is 5.00. The zero-order chi connectivity index (χ0) is 13.8. The van der Waals surface area contributed by atoms with Gasteiger partial charge in [-0.25, -0.2) is 10.4 Å². The number of hydrogen-bond donors (Lipinski definition) is 2. The second-order valence-corrected chi connectivity index (χ2v) is 5.43. The number of nitrogens with two attached hydrogens (primary N) is 1. The number of imidazole rings is 1. The Bertz CT molecular complexity index is 390. The summed E-state index contributed by atoms with van der Waals surface area (Å²) in [5.74, 6) is 6.86. The van der Waals surface area contributed by atoms with Crippen LogP contribution in [-0.2, 0) is 6.54 Å². The fourth-order valence-corrected chi connectivity index (χ4v) is 2.79. The van der Waals surface area contributed by atoms with Crippen LogP contribution in [0.15, 0.2) is 12.4 Å². The lowest BCUT2D eigenvalue weighted by molar-refractivity contribution is 0.0843. The Balaban J connectivity index is 2.20. The van der Waals surface area contributed by atoms with Crippen molar-refractivity contribution in [1.82, 2.24) is 24.8 Å². The van der Waals surface area contributed by atoms with Crippen LogP contribution in [0, 0.1) is 0 Å². The van der Waals surface area contributed by atoms with Gasteiger partial charge in [-0.15, -0.1) is 0 Å². The maximum Gasteiger partial charge on any atom is 0.128 e. The van der Waals surface area contributed by atoms with Gasteiger partial charge in [0, 0.05) is 44.6 Å². The third kappa shape index (κ3) is 3.14. The predicted octanol–water partition coefficient (Wildman–Crippen LogP) is 0.0433. The van der Waals surface area contributed by atoms with Gasteiger partial charge in [-0.1, -0.05) is 6.92 Å². The van der Waals surface area contributed by atoms with Gasteiger partial charge in [0.2, 0.25) is 0 Å². The molecule has 6 heteroatoms. The molecule has 0 saturated carbocycles. The second-order valence-electron chi connectivity index (χ2n) is 5.43. The van der Waals surface area contributed by atoms with E-state index < -0.39 is 0 Å². The maximum absolute atomic E-state index is 5.82. The van der Waals surface area contributed by atoms with Crippen LogP contribution in [0.5, 0.6) is 0 Å². The molecule has 2 atom stereocenters. The predicted molar refractivity (Wildman–Crippen MR) is 76.5 cm³/mol. The largest absolute Gasteiger partial charge is 0.334 e. The molecule has 6 nitrogen and oxygen atoms in total. The van der Waals surface area contributed by atoms with Crippen LogP contribution >= 0.6 is 0 Å². The summed E-state index contributed by atoms with van der Waals surface area (Å²) in [6, 6.07) is 0.413. The fourth-order valence-electron chi connectivity index (χ4n) is 2.79. The Labute approximate surface area is 115 Å². The molecule has 2 heterocycles. The molecule has 2 rings (SSSR count). The minimum absolute atomic E-state index is 0.0642. The number of rotatable bonds is 5. The molecular formula is C13H26N6.